The maximum absolute atomic E-state index is 12.8. The molecule has 1 N–H and O–H groups in total. The number of benzene rings is 1. The molecule has 1 aromatic carbocycles. The van der Waals surface area contributed by atoms with Crippen LogP contribution in [0.15, 0.2) is 29.2 Å². The zero-order valence-corrected chi connectivity index (χ0v) is 14.8. The van der Waals surface area contributed by atoms with Crippen LogP contribution in [0.2, 0.25) is 0 Å². The molecule has 1 fully saturated rings. The van der Waals surface area contributed by atoms with Crippen LogP contribution in [-0.2, 0) is 21.0 Å². The van der Waals surface area contributed by atoms with Crippen molar-refractivity contribution >= 4 is 15.9 Å². The van der Waals surface area contributed by atoms with Gasteiger partial charge in [-0.05, 0) is 51.0 Å². The van der Waals surface area contributed by atoms with Crippen LogP contribution in [0.1, 0.15) is 38.7 Å². The first-order valence-electron chi connectivity index (χ1n) is 8.03. The highest BCUT2D eigenvalue weighted by Crippen LogP contribution is 2.31. The second kappa shape index (κ2) is 7.33. The zero-order valence-electron chi connectivity index (χ0n) is 14.0. The monoisotopic (exact) mass is 378 g/mol. The van der Waals surface area contributed by atoms with E-state index in [9.17, 15) is 26.4 Å². The van der Waals surface area contributed by atoms with Crippen LogP contribution in [0.5, 0.6) is 0 Å². The van der Waals surface area contributed by atoms with E-state index in [0.717, 1.165) is 35.0 Å². The van der Waals surface area contributed by atoms with E-state index in [1.807, 2.05) is 0 Å². The predicted molar refractivity (Wildman–Crippen MR) is 86.3 cm³/mol. The molecule has 0 bridgehead atoms. The van der Waals surface area contributed by atoms with Gasteiger partial charge < -0.3 is 5.32 Å². The first-order valence-corrected chi connectivity index (χ1v) is 9.47. The van der Waals surface area contributed by atoms with E-state index in [-0.39, 0.29) is 23.4 Å². The number of carbonyl (C=O) groups excluding carboxylic acids is 1. The molecule has 1 aliphatic rings. The Morgan fingerprint density at radius 1 is 1.20 bits per heavy atom. The van der Waals surface area contributed by atoms with Crippen molar-refractivity contribution in [2.45, 2.75) is 56.3 Å². The summed E-state index contributed by atoms with van der Waals surface area (Å²) in [7, 11) is -4.05. The van der Waals surface area contributed by atoms with E-state index >= 15 is 0 Å². The molecule has 140 valence electrons. The van der Waals surface area contributed by atoms with Crippen molar-refractivity contribution in [3.8, 4) is 0 Å². The maximum Gasteiger partial charge on any atom is 0.416 e. The molecule has 1 aromatic rings. The number of halogens is 3. The van der Waals surface area contributed by atoms with Crippen LogP contribution >= 0.6 is 0 Å². The minimum Gasteiger partial charge on any atom is -0.353 e. The maximum atomic E-state index is 12.8. The molecular formula is C16H21F3N2O3S. The average molecular weight is 378 g/mol. The molecule has 1 atom stereocenters. The molecule has 0 aromatic heterocycles. The molecule has 1 amide bonds. The number of alkyl halides is 3. The normalized spacial score (nSPS) is 19.8. The molecule has 0 saturated carbocycles. The molecular weight excluding hydrogens is 357 g/mol. The summed E-state index contributed by atoms with van der Waals surface area (Å²) < 4.78 is 64.7. The zero-order chi connectivity index (χ0) is 18.8. The fraction of sp³-hybridized carbons (Fsp3) is 0.562. The van der Waals surface area contributed by atoms with Crippen LogP contribution < -0.4 is 5.32 Å². The number of carbonyl (C=O) groups is 1. The van der Waals surface area contributed by atoms with Crippen molar-refractivity contribution in [2.24, 2.45) is 0 Å². The molecule has 1 saturated heterocycles. The number of nitrogens with one attached hydrogen (secondary N) is 1. The van der Waals surface area contributed by atoms with E-state index in [1.165, 1.54) is 0 Å². The van der Waals surface area contributed by atoms with E-state index in [0.29, 0.717) is 12.8 Å². The molecule has 0 unspecified atom stereocenters. The Kier molecular flexibility index (Phi) is 5.78. The number of nitrogens with zero attached hydrogens (tertiary/aromatic N) is 1. The fourth-order valence-corrected chi connectivity index (χ4v) is 4.44. The lowest BCUT2D eigenvalue weighted by Crippen LogP contribution is -2.52. The van der Waals surface area contributed by atoms with Crippen molar-refractivity contribution in [3.63, 3.8) is 0 Å². The minimum absolute atomic E-state index is 0.134. The Morgan fingerprint density at radius 2 is 1.80 bits per heavy atom. The topological polar surface area (TPSA) is 66.5 Å². The molecule has 2 rings (SSSR count). The summed E-state index contributed by atoms with van der Waals surface area (Å²) in [6.45, 7) is 3.71. The predicted octanol–water partition coefficient (Wildman–Crippen LogP) is 2.77. The van der Waals surface area contributed by atoms with Crippen LogP contribution in [-0.4, -0.2) is 37.3 Å². The van der Waals surface area contributed by atoms with Gasteiger partial charge in [-0.25, -0.2) is 8.42 Å². The summed E-state index contributed by atoms with van der Waals surface area (Å²) in [4.78, 5) is 12.1. The highest BCUT2D eigenvalue weighted by molar-refractivity contribution is 7.89. The second-order valence-corrected chi connectivity index (χ2v) is 8.20. The van der Waals surface area contributed by atoms with Crippen LogP contribution in [0.4, 0.5) is 13.2 Å². The van der Waals surface area contributed by atoms with Gasteiger partial charge in [-0.15, -0.1) is 0 Å². The molecule has 0 spiro atoms. The summed E-state index contributed by atoms with van der Waals surface area (Å²) >= 11 is 0. The number of amides is 1. The highest BCUT2D eigenvalue weighted by Gasteiger charge is 2.38. The Bertz CT molecular complexity index is 715. The van der Waals surface area contributed by atoms with E-state index < -0.39 is 27.8 Å². The van der Waals surface area contributed by atoms with Gasteiger partial charge in [0.15, 0.2) is 0 Å². The Balaban J connectivity index is 2.31. The molecule has 1 aliphatic heterocycles. The van der Waals surface area contributed by atoms with Crippen LogP contribution in [0.25, 0.3) is 0 Å². The van der Waals surface area contributed by atoms with Crippen molar-refractivity contribution in [3.05, 3.63) is 29.8 Å². The number of rotatable bonds is 4. The van der Waals surface area contributed by atoms with Gasteiger partial charge in [0.2, 0.25) is 15.9 Å². The molecule has 5 nitrogen and oxygen atoms in total. The third-order valence-electron chi connectivity index (χ3n) is 3.98. The third-order valence-corrected chi connectivity index (χ3v) is 5.90. The number of hydrogen-bond donors (Lipinski definition) is 1. The fourth-order valence-electron chi connectivity index (χ4n) is 2.79. The summed E-state index contributed by atoms with van der Waals surface area (Å²) in [5, 5.41) is 2.70. The molecule has 0 aliphatic carbocycles. The SMILES string of the molecule is CC(C)NC(=O)[C@@H]1CCCCN1S(=O)(=O)c1ccc(C(F)(F)F)cc1. The van der Waals surface area contributed by atoms with Gasteiger partial charge in [0, 0.05) is 12.6 Å². The number of hydrogen-bond acceptors (Lipinski definition) is 3. The molecule has 25 heavy (non-hydrogen) atoms. The quantitative estimate of drug-likeness (QED) is 0.876. The van der Waals surface area contributed by atoms with Gasteiger partial charge in [0.05, 0.1) is 10.5 Å². The smallest absolute Gasteiger partial charge is 0.353 e. The van der Waals surface area contributed by atoms with E-state index in [2.05, 4.69) is 5.32 Å². The molecule has 1 heterocycles. The Hall–Kier alpha value is -1.61. The van der Waals surface area contributed by atoms with E-state index in [1.54, 1.807) is 13.8 Å². The molecule has 0 radical (unpaired) electrons. The summed E-state index contributed by atoms with van der Waals surface area (Å²) in [5.74, 6) is -0.384. The lowest BCUT2D eigenvalue weighted by molar-refractivity contribution is -0.137. The number of sulfonamides is 1. The van der Waals surface area contributed by atoms with Gasteiger partial charge in [0.1, 0.15) is 6.04 Å². The standard InChI is InChI=1S/C16H21F3N2O3S/c1-11(2)20-15(22)14-5-3-4-10-21(14)25(23,24)13-8-6-12(7-9-13)16(17,18)19/h6-9,11,14H,3-5,10H2,1-2H3,(H,20,22)/t14-/m0/s1. The van der Waals surface area contributed by atoms with Crippen LogP contribution in [0, 0.1) is 0 Å². The first kappa shape index (κ1) is 19.7. The molecule has 9 heteroatoms. The second-order valence-electron chi connectivity index (χ2n) is 6.31. The van der Waals surface area contributed by atoms with Crippen molar-refractivity contribution in [1.29, 1.82) is 0 Å². The largest absolute Gasteiger partial charge is 0.416 e. The van der Waals surface area contributed by atoms with Gasteiger partial charge in [-0.2, -0.15) is 17.5 Å². The minimum atomic E-state index is -4.53. The van der Waals surface area contributed by atoms with Gasteiger partial charge in [-0.3, -0.25) is 4.79 Å². The average Bonchev–Trinajstić information content (AvgIpc) is 2.53. The van der Waals surface area contributed by atoms with Crippen molar-refractivity contribution in [2.75, 3.05) is 6.54 Å². The summed E-state index contributed by atoms with van der Waals surface area (Å²) in [6, 6.07) is 2.36. The van der Waals surface area contributed by atoms with E-state index in [4.69, 9.17) is 0 Å². The van der Waals surface area contributed by atoms with Gasteiger partial charge in [-0.1, -0.05) is 6.42 Å². The Labute approximate surface area is 145 Å². The van der Waals surface area contributed by atoms with Gasteiger partial charge in [0.25, 0.3) is 0 Å². The number of piperidine rings is 1. The lowest BCUT2D eigenvalue weighted by atomic mass is 10.0. The third kappa shape index (κ3) is 4.52. The van der Waals surface area contributed by atoms with Crippen molar-refractivity contribution in [1.82, 2.24) is 9.62 Å². The van der Waals surface area contributed by atoms with Crippen LogP contribution in [0.3, 0.4) is 0 Å². The highest BCUT2D eigenvalue weighted by atomic mass is 32.2. The Morgan fingerprint density at radius 3 is 2.32 bits per heavy atom. The lowest BCUT2D eigenvalue weighted by Gasteiger charge is -2.34. The van der Waals surface area contributed by atoms with Gasteiger partial charge >= 0.3 is 6.18 Å². The summed E-state index contributed by atoms with van der Waals surface area (Å²) in [6.07, 6.45) is -2.83. The summed E-state index contributed by atoms with van der Waals surface area (Å²) in [5.41, 5.74) is -0.917. The first-order chi connectivity index (χ1) is 11.5. The van der Waals surface area contributed by atoms with Crippen molar-refractivity contribution < 1.29 is 26.4 Å².